The van der Waals surface area contributed by atoms with E-state index in [9.17, 15) is 9.18 Å². The quantitative estimate of drug-likeness (QED) is 0.471. The van der Waals surface area contributed by atoms with Crippen molar-refractivity contribution in [2.45, 2.75) is 6.42 Å². The van der Waals surface area contributed by atoms with Gasteiger partial charge in [0.25, 0.3) is 5.56 Å². The van der Waals surface area contributed by atoms with Crippen molar-refractivity contribution in [1.29, 1.82) is 0 Å². The SMILES string of the molecule is COc1cc(Cc2nc3s/c(=C\c4ccc(F)cc4)c(=O)n3n2)cc(OC)c1OC. The molecule has 0 radical (unpaired) electrons. The van der Waals surface area contributed by atoms with E-state index in [0.717, 1.165) is 11.1 Å². The Balaban J connectivity index is 1.67. The number of fused-ring (bicyclic) bond motifs is 1. The third kappa shape index (κ3) is 3.71. The molecule has 2 aromatic heterocycles. The normalized spacial score (nSPS) is 11.8. The molecule has 0 fully saturated rings. The molecule has 0 amide bonds. The molecule has 9 heteroatoms. The van der Waals surface area contributed by atoms with Gasteiger partial charge in [-0.25, -0.2) is 9.37 Å². The van der Waals surface area contributed by atoms with E-state index >= 15 is 0 Å². The van der Waals surface area contributed by atoms with Crippen molar-refractivity contribution < 1.29 is 18.6 Å². The van der Waals surface area contributed by atoms with E-state index in [-0.39, 0.29) is 11.4 Å². The van der Waals surface area contributed by atoms with Crippen molar-refractivity contribution >= 4 is 22.4 Å². The maximum atomic E-state index is 13.1. The monoisotopic (exact) mass is 427 g/mol. The van der Waals surface area contributed by atoms with Crippen molar-refractivity contribution in [1.82, 2.24) is 14.6 Å². The van der Waals surface area contributed by atoms with Gasteiger partial charge in [-0.1, -0.05) is 23.5 Å². The highest BCUT2D eigenvalue weighted by Crippen LogP contribution is 2.38. The number of rotatable bonds is 6. The summed E-state index contributed by atoms with van der Waals surface area (Å²) in [5, 5.41) is 4.35. The van der Waals surface area contributed by atoms with Gasteiger partial charge in [0, 0.05) is 6.42 Å². The Morgan fingerprint density at radius 3 is 2.30 bits per heavy atom. The number of methoxy groups -OCH3 is 3. The second-order valence-corrected chi connectivity index (χ2v) is 7.41. The summed E-state index contributed by atoms with van der Waals surface area (Å²) in [4.78, 5) is 17.6. The van der Waals surface area contributed by atoms with Gasteiger partial charge >= 0.3 is 0 Å². The predicted octanol–water partition coefficient (Wildman–Crippen LogP) is 2.45. The summed E-state index contributed by atoms with van der Waals surface area (Å²) < 4.78 is 30.9. The Kier molecular flexibility index (Phi) is 5.37. The van der Waals surface area contributed by atoms with Crippen LogP contribution >= 0.6 is 11.3 Å². The van der Waals surface area contributed by atoms with Crippen LogP contribution in [0.25, 0.3) is 11.0 Å². The fourth-order valence-electron chi connectivity index (χ4n) is 3.08. The summed E-state index contributed by atoms with van der Waals surface area (Å²) >= 11 is 1.23. The average Bonchev–Trinajstić information content (AvgIpc) is 3.27. The molecule has 0 saturated carbocycles. The molecule has 0 bridgehead atoms. The van der Waals surface area contributed by atoms with Gasteiger partial charge in [0.1, 0.15) is 5.82 Å². The van der Waals surface area contributed by atoms with Crippen LogP contribution in [0.2, 0.25) is 0 Å². The van der Waals surface area contributed by atoms with Crippen LogP contribution in [0.1, 0.15) is 17.0 Å². The lowest BCUT2D eigenvalue weighted by molar-refractivity contribution is 0.324. The van der Waals surface area contributed by atoms with E-state index in [2.05, 4.69) is 10.1 Å². The lowest BCUT2D eigenvalue weighted by atomic mass is 10.1. The van der Waals surface area contributed by atoms with Gasteiger partial charge in [-0.05, 0) is 41.5 Å². The number of hydrogen-bond donors (Lipinski definition) is 0. The van der Waals surface area contributed by atoms with Gasteiger partial charge in [-0.3, -0.25) is 4.79 Å². The lowest BCUT2D eigenvalue weighted by Gasteiger charge is -2.13. The van der Waals surface area contributed by atoms with E-state index in [4.69, 9.17) is 14.2 Å². The third-order valence-corrected chi connectivity index (χ3v) is 5.44. The van der Waals surface area contributed by atoms with E-state index in [1.54, 1.807) is 39.5 Å². The molecule has 0 aliphatic rings. The fraction of sp³-hybridized carbons (Fsp3) is 0.190. The van der Waals surface area contributed by atoms with Crippen molar-refractivity contribution in [3.05, 3.63) is 74.1 Å². The number of nitrogens with zero attached hydrogens (tertiary/aromatic N) is 3. The van der Waals surface area contributed by atoms with Crippen LogP contribution in [0.3, 0.4) is 0 Å². The van der Waals surface area contributed by atoms with Gasteiger partial charge in [-0.2, -0.15) is 4.52 Å². The molecule has 0 unspecified atom stereocenters. The second-order valence-electron chi connectivity index (χ2n) is 6.40. The smallest absolute Gasteiger partial charge is 0.291 e. The van der Waals surface area contributed by atoms with Gasteiger partial charge in [0.05, 0.1) is 25.9 Å². The van der Waals surface area contributed by atoms with Crippen molar-refractivity contribution in [3.8, 4) is 17.2 Å². The highest BCUT2D eigenvalue weighted by molar-refractivity contribution is 7.15. The largest absolute Gasteiger partial charge is 0.493 e. The molecule has 2 aromatic carbocycles. The van der Waals surface area contributed by atoms with E-state index in [1.165, 1.54) is 28.0 Å². The molecule has 4 aromatic rings. The predicted molar refractivity (Wildman–Crippen MR) is 111 cm³/mol. The standard InChI is InChI=1S/C21H18FN3O4S/c1-27-15-8-13(9-16(28-2)19(15)29-3)11-18-23-21-25(24-18)20(26)17(30-21)10-12-4-6-14(22)7-5-12/h4-10H,11H2,1-3H3/b17-10-. The van der Waals surface area contributed by atoms with Crippen LogP contribution in [-0.4, -0.2) is 35.9 Å². The summed E-state index contributed by atoms with van der Waals surface area (Å²) in [7, 11) is 4.64. The van der Waals surface area contributed by atoms with E-state index in [0.29, 0.717) is 39.0 Å². The van der Waals surface area contributed by atoms with Gasteiger partial charge in [0.15, 0.2) is 17.3 Å². The first kappa shape index (κ1) is 19.8. The summed E-state index contributed by atoms with van der Waals surface area (Å²) in [6.45, 7) is 0. The van der Waals surface area contributed by atoms with Crippen LogP contribution in [0.5, 0.6) is 17.2 Å². The molecule has 0 aliphatic carbocycles. The summed E-state index contributed by atoms with van der Waals surface area (Å²) in [5.74, 6) is 1.75. The molecule has 0 saturated heterocycles. The first-order valence-corrected chi connectivity index (χ1v) is 9.78. The van der Waals surface area contributed by atoms with Crippen LogP contribution in [0, 0.1) is 5.82 Å². The number of ether oxygens (including phenoxy) is 3. The van der Waals surface area contributed by atoms with Gasteiger partial charge < -0.3 is 14.2 Å². The average molecular weight is 427 g/mol. The first-order valence-electron chi connectivity index (χ1n) is 8.97. The molecule has 154 valence electrons. The number of halogens is 1. The van der Waals surface area contributed by atoms with Gasteiger partial charge in [0.2, 0.25) is 10.7 Å². The maximum absolute atomic E-state index is 13.1. The molecule has 7 nitrogen and oxygen atoms in total. The van der Waals surface area contributed by atoms with Crippen LogP contribution in [0.4, 0.5) is 4.39 Å². The highest BCUT2D eigenvalue weighted by atomic mass is 32.1. The number of hydrogen-bond acceptors (Lipinski definition) is 7. The summed E-state index contributed by atoms with van der Waals surface area (Å²) in [5.41, 5.74) is 1.33. The van der Waals surface area contributed by atoms with Crippen LogP contribution in [0.15, 0.2) is 41.2 Å². The zero-order chi connectivity index (χ0) is 21.3. The number of aromatic nitrogens is 3. The molecule has 4 rings (SSSR count). The van der Waals surface area contributed by atoms with E-state index < -0.39 is 0 Å². The molecule has 30 heavy (non-hydrogen) atoms. The van der Waals surface area contributed by atoms with Crippen molar-refractivity contribution in [3.63, 3.8) is 0 Å². The number of benzene rings is 2. The summed E-state index contributed by atoms with van der Waals surface area (Å²) in [6, 6.07) is 9.57. The second kappa shape index (κ2) is 8.11. The zero-order valence-electron chi connectivity index (χ0n) is 16.5. The van der Waals surface area contributed by atoms with E-state index in [1.807, 2.05) is 12.1 Å². The Labute approximate surface area is 175 Å². The Morgan fingerprint density at radius 2 is 1.73 bits per heavy atom. The minimum Gasteiger partial charge on any atom is -0.493 e. The fourth-order valence-corrected chi connectivity index (χ4v) is 4.01. The lowest BCUT2D eigenvalue weighted by Crippen LogP contribution is -2.23. The zero-order valence-corrected chi connectivity index (χ0v) is 17.3. The molecular formula is C21H18FN3O4S. The maximum Gasteiger partial charge on any atom is 0.291 e. The minimum atomic E-state index is -0.325. The highest BCUT2D eigenvalue weighted by Gasteiger charge is 2.16. The van der Waals surface area contributed by atoms with Crippen LogP contribution in [-0.2, 0) is 6.42 Å². The van der Waals surface area contributed by atoms with Crippen molar-refractivity contribution in [2.24, 2.45) is 0 Å². The molecule has 0 spiro atoms. The molecule has 0 atom stereocenters. The molecule has 0 aliphatic heterocycles. The van der Waals surface area contributed by atoms with Crippen molar-refractivity contribution in [2.75, 3.05) is 21.3 Å². The molecule has 2 heterocycles. The minimum absolute atomic E-state index is 0.261. The number of thiazole rings is 1. The molecular weight excluding hydrogens is 409 g/mol. The Hall–Kier alpha value is -3.46. The third-order valence-electron chi connectivity index (χ3n) is 4.48. The van der Waals surface area contributed by atoms with Crippen LogP contribution < -0.4 is 24.3 Å². The summed E-state index contributed by atoms with van der Waals surface area (Å²) in [6.07, 6.45) is 2.09. The first-order chi connectivity index (χ1) is 14.5. The Morgan fingerprint density at radius 1 is 1.07 bits per heavy atom. The topological polar surface area (TPSA) is 75.0 Å². The molecule has 0 N–H and O–H groups in total. The van der Waals surface area contributed by atoms with Gasteiger partial charge in [-0.15, -0.1) is 5.10 Å². The Bertz CT molecular complexity index is 1290.